The number of rotatable bonds is 5. The van der Waals surface area contributed by atoms with Gasteiger partial charge in [0.1, 0.15) is 28.9 Å². The fourth-order valence-electron chi connectivity index (χ4n) is 2.06. The van der Waals surface area contributed by atoms with Crippen LogP contribution in [0.25, 0.3) is 0 Å². The van der Waals surface area contributed by atoms with Gasteiger partial charge in [-0.25, -0.2) is 4.39 Å². The van der Waals surface area contributed by atoms with Crippen molar-refractivity contribution in [2.45, 2.75) is 0 Å². The Morgan fingerprint density at radius 3 is 2.40 bits per heavy atom. The lowest BCUT2D eigenvalue weighted by Gasteiger charge is -2.09. The van der Waals surface area contributed by atoms with Crippen molar-refractivity contribution < 1.29 is 18.7 Å². The van der Waals surface area contributed by atoms with Gasteiger partial charge in [0, 0.05) is 12.6 Å². The Bertz CT molecular complexity index is 895. The fourth-order valence-corrected chi connectivity index (χ4v) is 2.06. The number of carbonyl (C=O) groups is 2. The zero-order chi connectivity index (χ0) is 18.4. The molecule has 124 valence electrons. The summed E-state index contributed by atoms with van der Waals surface area (Å²) in [5.41, 5.74) is -0.0749. The zero-order valence-electron chi connectivity index (χ0n) is 13.1. The van der Waals surface area contributed by atoms with E-state index in [0.717, 1.165) is 6.07 Å². The van der Waals surface area contributed by atoms with Gasteiger partial charge in [-0.3, -0.25) is 9.59 Å². The minimum absolute atomic E-state index is 0.0434. The van der Waals surface area contributed by atoms with E-state index in [0.29, 0.717) is 0 Å². The van der Waals surface area contributed by atoms with Crippen LogP contribution in [0.3, 0.4) is 0 Å². The summed E-state index contributed by atoms with van der Waals surface area (Å²) >= 11 is 0. The Kier molecular flexibility index (Phi) is 5.44. The van der Waals surface area contributed by atoms with Crippen LogP contribution in [-0.2, 0) is 4.79 Å². The monoisotopic (exact) mass is 337 g/mol. The van der Waals surface area contributed by atoms with Gasteiger partial charge in [0.15, 0.2) is 11.7 Å². The molecule has 1 amide bonds. The first-order valence-electron chi connectivity index (χ1n) is 7.13. The van der Waals surface area contributed by atoms with Crippen LogP contribution >= 0.6 is 0 Å². The third kappa shape index (κ3) is 3.80. The van der Waals surface area contributed by atoms with Gasteiger partial charge in [0.25, 0.3) is 0 Å². The maximum atomic E-state index is 13.5. The van der Waals surface area contributed by atoms with E-state index >= 15 is 0 Å². The Hall–Kier alpha value is -3.71. The first-order chi connectivity index (χ1) is 12.0. The quantitative estimate of drug-likeness (QED) is 0.667. The molecule has 1 atom stereocenters. The molecule has 0 radical (unpaired) electrons. The molecule has 0 aliphatic carbocycles. The first-order valence-corrected chi connectivity index (χ1v) is 7.13. The molecule has 0 saturated carbocycles. The van der Waals surface area contributed by atoms with Gasteiger partial charge in [0.05, 0.1) is 6.07 Å². The molecule has 0 aromatic heterocycles. The number of halogens is 1. The van der Waals surface area contributed by atoms with E-state index in [4.69, 9.17) is 15.3 Å². The average molecular weight is 337 g/mol. The Morgan fingerprint density at radius 2 is 1.84 bits per heavy atom. The van der Waals surface area contributed by atoms with Crippen molar-refractivity contribution >= 4 is 11.7 Å². The Balaban J connectivity index is 2.23. The number of amides is 1. The van der Waals surface area contributed by atoms with Gasteiger partial charge in [-0.1, -0.05) is 6.07 Å². The minimum Gasteiger partial charge on any atom is -0.456 e. The molecule has 7 heteroatoms. The normalized spacial score (nSPS) is 10.9. The van der Waals surface area contributed by atoms with E-state index in [2.05, 4.69) is 5.32 Å². The highest BCUT2D eigenvalue weighted by Gasteiger charge is 2.26. The second-order valence-electron chi connectivity index (χ2n) is 4.89. The van der Waals surface area contributed by atoms with E-state index in [-0.39, 0.29) is 22.6 Å². The lowest BCUT2D eigenvalue weighted by atomic mass is 9.98. The minimum atomic E-state index is -1.44. The summed E-state index contributed by atoms with van der Waals surface area (Å²) in [7, 11) is 1.34. The highest BCUT2D eigenvalue weighted by Crippen LogP contribution is 2.27. The molecule has 0 aliphatic rings. The fraction of sp³-hybridized carbons (Fsp3) is 0.111. The SMILES string of the molecule is CNC(=O)[C@@H](C#N)C(=O)c1ccc(Oc2cccc(F)c2C#N)cc1. The van der Waals surface area contributed by atoms with Crippen LogP contribution in [0.4, 0.5) is 4.39 Å². The molecule has 6 nitrogen and oxygen atoms in total. The van der Waals surface area contributed by atoms with Gasteiger partial charge < -0.3 is 10.1 Å². The number of ether oxygens (including phenoxy) is 1. The number of hydrogen-bond donors (Lipinski definition) is 1. The van der Waals surface area contributed by atoms with Gasteiger partial charge in [-0.05, 0) is 36.4 Å². The van der Waals surface area contributed by atoms with Crippen molar-refractivity contribution in [1.82, 2.24) is 5.32 Å². The molecule has 2 rings (SSSR count). The summed E-state index contributed by atoms with van der Waals surface area (Å²) < 4.78 is 19.0. The number of carbonyl (C=O) groups excluding carboxylic acids is 2. The molecule has 0 spiro atoms. The number of nitriles is 2. The van der Waals surface area contributed by atoms with Crippen LogP contribution < -0.4 is 10.1 Å². The Labute approximate surface area is 143 Å². The maximum absolute atomic E-state index is 13.5. The number of ketones is 1. The highest BCUT2D eigenvalue weighted by molar-refractivity contribution is 6.12. The Morgan fingerprint density at radius 1 is 1.16 bits per heavy atom. The smallest absolute Gasteiger partial charge is 0.245 e. The van der Waals surface area contributed by atoms with Crippen LogP contribution in [0.1, 0.15) is 15.9 Å². The van der Waals surface area contributed by atoms with Crippen LogP contribution in [0.2, 0.25) is 0 Å². The van der Waals surface area contributed by atoms with Crippen molar-refractivity contribution in [2.75, 3.05) is 7.05 Å². The van der Waals surface area contributed by atoms with Crippen LogP contribution in [-0.4, -0.2) is 18.7 Å². The molecule has 0 unspecified atom stereocenters. The second-order valence-corrected chi connectivity index (χ2v) is 4.89. The van der Waals surface area contributed by atoms with E-state index in [1.54, 1.807) is 12.1 Å². The summed E-state index contributed by atoms with van der Waals surface area (Å²) in [5.74, 6) is -3.16. The van der Waals surface area contributed by atoms with E-state index < -0.39 is 23.4 Å². The topological polar surface area (TPSA) is 103 Å². The van der Waals surface area contributed by atoms with Crippen LogP contribution in [0.5, 0.6) is 11.5 Å². The van der Waals surface area contributed by atoms with Crippen molar-refractivity contribution in [2.24, 2.45) is 5.92 Å². The lowest BCUT2D eigenvalue weighted by Crippen LogP contribution is -2.32. The second kappa shape index (κ2) is 7.71. The molecule has 2 aromatic carbocycles. The molecule has 1 N–H and O–H groups in total. The molecule has 25 heavy (non-hydrogen) atoms. The lowest BCUT2D eigenvalue weighted by molar-refractivity contribution is -0.121. The van der Waals surface area contributed by atoms with Crippen molar-refractivity contribution in [3.05, 3.63) is 59.4 Å². The predicted molar refractivity (Wildman–Crippen MR) is 85.1 cm³/mol. The molecule has 0 aliphatic heterocycles. The third-order valence-electron chi connectivity index (χ3n) is 3.35. The molecule has 0 fully saturated rings. The molecule has 0 heterocycles. The van der Waals surface area contributed by atoms with Crippen LogP contribution in [0.15, 0.2) is 42.5 Å². The van der Waals surface area contributed by atoms with E-state index in [1.165, 1.54) is 43.4 Å². The summed E-state index contributed by atoms with van der Waals surface area (Å²) in [6, 6.07) is 13.0. The highest BCUT2D eigenvalue weighted by atomic mass is 19.1. The number of nitrogens with one attached hydrogen (secondary N) is 1. The standard InChI is InChI=1S/C18H12FN3O3/c1-22-18(24)14(10-21)17(23)11-5-7-12(8-6-11)25-16-4-2-3-15(19)13(16)9-20/h2-8,14H,1H3,(H,22,24)/t14-/m0/s1. The summed E-state index contributed by atoms with van der Waals surface area (Å²) in [4.78, 5) is 23.7. The number of Topliss-reactive ketones (excluding diaryl/α,β-unsaturated/α-hetero) is 1. The van der Waals surface area contributed by atoms with Gasteiger partial charge >= 0.3 is 0 Å². The van der Waals surface area contributed by atoms with Crippen molar-refractivity contribution in [3.8, 4) is 23.6 Å². The predicted octanol–water partition coefficient (Wildman–Crippen LogP) is 2.56. The first kappa shape index (κ1) is 17.6. The average Bonchev–Trinajstić information content (AvgIpc) is 2.63. The summed E-state index contributed by atoms with van der Waals surface area (Å²) in [6.45, 7) is 0. The van der Waals surface area contributed by atoms with E-state index in [1.807, 2.05) is 0 Å². The third-order valence-corrected chi connectivity index (χ3v) is 3.35. The van der Waals surface area contributed by atoms with Crippen LogP contribution in [0, 0.1) is 34.4 Å². The zero-order valence-corrected chi connectivity index (χ0v) is 13.1. The summed E-state index contributed by atoms with van der Waals surface area (Å²) in [6.07, 6.45) is 0. The molecule has 2 aromatic rings. The van der Waals surface area contributed by atoms with Gasteiger partial charge in [-0.2, -0.15) is 10.5 Å². The maximum Gasteiger partial charge on any atom is 0.245 e. The summed E-state index contributed by atoms with van der Waals surface area (Å²) in [5, 5.41) is 20.2. The van der Waals surface area contributed by atoms with Crippen molar-refractivity contribution in [3.63, 3.8) is 0 Å². The molecular weight excluding hydrogens is 325 g/mol. The largest absolute Gasteiger partial charge is 0.456 e. The molecule has 0 bridgehead atoms. The van der Waals surface area contributed by atoms with Gasteiger partial charge in [-0.15, -0.1) is 0 Å². The van der Waals surface area contributed by atoms with E-state index in [9.17, 15) is 14.0 Å². The number of nitrogens with zero attached hydrogens (tertiary/aromatic N) is 2. The number of hydrogen-bond acceptors (Lipinski definition) is 5. The molecule has 0 saturated heterocycles. The number of benzene rings is 2. The van der Waals surface area contributed by atoms with Gasteiger partial charge in [0.2, 0.25) is 5.91 Å². The van der Waals surface area contributed by atoms with Crippen molar-refractivity contribution in [1.29, 1.82) is 10.5 Å². The molecular formula is C18H12FN3O3.